The largest absolute Gasteiger partial charge is 0.394 e. The first-order valence-corrected chi connectivity index (χ1v) is 30.6. The average molecular weight is 1030 g/mol. The zero-order chi connectivity index (χ0) is 53.3. The van der Waals surface area contributed by atoms with Crippen LogP contribution in [0.1, 0.15) is 271 Å². The van der Waals surface area contributed by atoms with E-state index in [-0.39, 0.29) is 12.8 Å². The minimum absolute atomic E-state index is 0.244. The van der Waals surface area contributed by atoms with E-state index in [1.165, 1.54) is 173 Å². The number of unbranched alkanes of at least 4 members (excludes halogenated alkanes) is 33. The molecule has 0 aliphatic carbocycles. The van der Waals surface area contributed by atoms with Crippen molar-refractivity contribution in [1.29, 1.82) is 0 Å². The van der Waals surface area contributed by atoms with Crippen LogP contribution in [0.2, 0.25) is 0 Å². The highest BCUT2D eigenvalue weighted by Gasteiger charge is 2.44. The van der Waals surface area contributed by atoms with Crippen molar-refractivity contribution in [3.05, 3.63) is 48.6 Å². The summed E-state index contributed by atoms with van der Waals surface area (Å²) in [7, 11) is 0. The Morgan fingerprint density at radius 1 is 0.479 bits per heavy atom. The highest BCUT2D eigenvalue weighted by molar-refractivity contribution is 5.80. The standard InChI is InChI=1S/C62H115NO10/c1-3-5-7-9-11-13-15-17-19-21-23-24-25-26-27-28-29-30-31-32-34-35-37-39-41-43-45-47-49-54(65)57(67)53(52-72-62-60(70)59(69)58(68)56(51-64)73-62)63-61(71)55(66)50-48-46-44-42-40-38-36-33-22-20-18-16-14-12-10-8-6-4-2/h12,14,16,18,34-35,41,43,53-60,62,64-70H,3-11,13,15,17,19-33,36-40,42,44-52H2,1-2H3,(H,63,71)/b14-12-,18-16-,35-34+,43-41+. The van der Waals surface area contributed by atoms with Crippen molar-refractivity contribution in [2.24, 2.45) is 0 Å². The third kappa shape index (κ3) is 39.1. The lowest BCUT2D eigenvalue weighted by Gasteiger charge is -2.40. The van der Waals surface area contributed by atoms with E-state index in [1.54, 1.807) is 0 Å². The van der Waals surface area contributed by atoms with Crippen molar-refractivity contribution in [2.45, 2.75) is 326 Å². The van der Waals surface area contributed by atoms with E-state index in [4.69, 9.17) is 9.47 Å². The molecule has 0 saturated carbocycles. The Bertz CT molecular complexity index is 1320. The van der Waals surface area contributed by atoms with E-state index >= 15 is 0 Å². The van der Waals surface area contributed by atoms with E-state index in [1.807, 2.05) is 0 Å². The number of carbonyl (C=O) groups is 1. The zero-order valence-corrected chi connectivity index (χ0v) is 46.9. The molecule has 11 heteroatoms. The van der Waals surface area contributed by atoms with E-state index in [2.05, 4.69) is 67.8 Å². The first-order chi connectivity index (χ1) is 35.7. The van der Waals surface area contributed by atoms with Crippen molar-refractivity contribution < 1.29 is 50.0 Å². The fourth-order valence-corrected chi connectivity index (χ4v) is 9.63. The smallest absolute Gasteiger partial charge is 0.249 e. The van der Waals surface area contributed by atoms with Crippen LogP contribution < -0.4 is 5.32 Å². The molecule has 0 aromatic rings. The molecule has 0 aromatic heterocycles. The molecule has 1 saturated heterocycles. The summed E-state index contributed by atoms with van der Waals surface area (Å²) < 4.78 is 11.1. The van der Waals surface area contributed by atoms with Gasteiger partial charge in [0.25, 0.3) is 0 Å². The molecule has 8 N–H and O–H groups in total. The summed E-state index contributed by atoms with van der Waals surface area (Å²) >= 11 is 0. The van der Waals surface area contributed by atoms with Crippen molar-refractivity contribution in [2.75, 3.05) is 13.2 Å². The quantitative estimate of drug-likeness (QED) is 0.0165. The van der Waals surface area contributed by atoms with Crippen molar-refractivity contribution in [3.8, 4) is 0 Å². The Hall–Kier alpha value is -1.93. The van der Waals surface area contributed by atoms with E-state index < -0.39 is 74.2 Å². The molecule has 0 aromatic carbocycles. The van der Waals surface area contributed by atoms with Crippen LogP contribution in [0.4, 0.5) is 0 Å². The highest BCUT2D eigenvalue weighted by atomic mass is 16.7. The summed E-state index contributed by atoms with van der Waals surface area (Å²) in [5, 5.41) is 76.2. The van der Waals surface area contributed by atoms with Gasteiger partial charge in [-0.2, -0.15) is 0 Å². The second kappa shape index (κ2) is 50.9. The van der Waals surface area contributed by atoms with E-state index in [0.717, 1.165) is 51.4 Å². The number of nitrogens with one attached hydrogen (secondary N) is 1. The van der Waals surface area contributed by atoms with Gasteiger partial charge in [0.05, 0.1) is 25.4 Å². The molecule has 428 valence electrons. The van der Waals surface area contributed by atoms with Gasteiger partial charge in [-0.15, -0.1) is 0 Å². The van der Waals surface area contributed by atoms with Crippen LogP contribution in [-0.4, -0.2) is 110 Å². The van der Waals surface area contributed by atoms with Crippen molar-refractivity contribution in [1.82, 2.24) is 5.32 Å². The first-order valence-electron chi connectivity index (χ1n) is 30.6. The number of aliphatic hydroxyl groups excluding tert-OH is 7. The molecule has 0 spiro atoms. The lowest BCUT2D eigenvalue weighted by atomic mass is 9.98. The fraction of sp³-hybridized carbons (Fsp3) is 0.855. The van der Waals surface area contributed by atoms with Crippen molar-refractivity contribution >= 4 is 5.91 Å². The summed E-state index contributed by atoms with van der Waals surface area (Å²) in [5.41, 5.74) is 0. The van der Waals surface area contributed by atoms with Crippen LogP contribution >= 0.6 is 0 Å². The van der Waals surface area contributed by atoms with Crippen LogP contribution in [0.5, 0.6) is 0 Å². The van der Waals surface area contributed by atoms with Gasteiger partial charge in [-0.3, -0.25) is 4.79 Å². The number of carbonyl (C=O) groups excluding carboxylic acids is 1. The van der Waals surface area contributed by atoms with Crippen LogP contribution in [0.25, 0.3) is 0 Å². The van der Waals surface area contributed by atoms with Crippen molar-refractivity contribution in [3.63, 3.8) is 0 Å². The molecule has 0 bridgehead atoms. The molecule has 1 fully saturated rings. The second-order valence-corrected chi connectivity index (χ2v) is 21.4. The van der Waals surface area contributed by atoms with Crippen LogP contribution in [-0.2, 0) is 14.3 Å². The lowest BCUT2D eigenvalue weighted by Crippen LogP contribution is -2.60. The topological polar surface area (TPSA) is 189 Å². The van der Waals surface area contributed by atoms with Gasteiger partial charge in [0.1, 0.15) is 36.6 Å². The summed E-state index contributed by atoms with van der Waals surface area (Å²) in [6.45, 7) is 3.43. The Kier molecular flexibility index (Phi) is 48.1. The average Bonchev–Trinajstić information content (AvgIpc) is 3.39. The second-order valence-electron chi connectivity index (χ2n) is 21.4. The summed E-state index contributed by atoms with van der Waals surface area (Å²) in [4.78, 5) is 13.2. The molecule has 11 nitrogen and oxygen atoms in total. The number of hydrogen-bond donors (Lipinski definition) is 8. The van der Waals surface area contributed by atoms with Crippen LogP contribution in [0.15, 0.2) is 48.6 Å². The van der Waals surface area contributed by atoms with Crippen LogP contribution in [0, 0.1) is 0 Å². The molecule has 9 unspecified atom stereocenters. The molecule has 1 aliphatic heterocycles. The number of amides is 1. The monoisotopic (exact) mass is 1030 g/mol. The number of ether oxygens (including phenoxy) is 2. The number of allylic oxidation sites excluding steroid dienone is 8. The predicted octanol–water partition coefficient (Wildman–Crippen LogP) is 13.2. The minimum Gasteiger partial charge on any atom is -0.394 e. The molecular weight excluding hydrogens is 919 g/mol. The maximum Gasteiger partial charge on any atom is 0.249 e. The minimum atomic E-state index is -1.67. The predicted molar refractivity (Wildman–Crippen MR) is 302 cm³/mol. The van der Waals surface area contributed by atoms with Gasteiger partial charge in [0, 0.05) is 0 Å². The maximum atomic E-state index is 13.2. The van der Waals surface area contributed by atoms with Gasteiger partial charge < -0.3 is 50.5 Å². The van der Waals surface area contributed by atoms with Gasteiger partial charge in [0.15, 0.2) is 6.29 Å². The van der Waals surface area contributed by atoms with Gasteiger partial charge in [-0.25, -0.2) is 0 Å². The van der Waals surface area contributed by atoms with Gasteiger partial charge in [-0.1, -0.05) is 242 Å². The van der Waals surface area contributed by atoms with Crippen LogP contribution in [0.3, 0.4) is 0 Å². The Morgan fingerprint density at radius 2 is 0.863 bits per heavy atom. The molecule has 0 radical (unpaired) electrons. The SMILES string of the molecule is CCCCC/C=C\C=C/CCCCCCCCCCCC(O)C(=O)NC(COC1OC(CO)C(O)C(O)C1O)C(O)C(O)CCC/C=C/CC/C=C/CCCCCCCCCCCCCCCCCCCCC. The molecule has 9 atom stereocenters. The Morgan fingerprint density at radius 3 is 1.33 bits per heavy atom. The number of rotatable bonds is 52. The molecule has 1 heterocycles. The van der Waals surface area contributed by atoms with E-state index in [0.29, 0.717) is 19.3 Å². The highest BCUT2D eigenvalue weighted by Crippen LogP contribution is 2.23. The number of aliphatic hydroxyl groups is 7. The van der Waals surface area contributed by atoms with E-state index in [9.17, 15) is 40.5 Å². The van der Waals surface area contributed by atoms with Gasteiger partial charge in [-0.05, 0) is 77.0 Å². The zero-order valence-electron chi connectivity index (χ0n) is 46.9. The van der Waals surface area contributed by atoms with Gasteiger partial charge in [0.2, 0.25) is 5.91 Å². The fourth-order valence-electron chi connectivity index (χ4n) is 9.63. The first kappa shape index (κ1) is 69.1. The summed E-state index contributed by atoms with van der Waals surface area (Å²) in [6.07, 6.45) is 53.2. The Balaban J connectivity index is 2.30. The molecular formula is C62H115NO10. The maximum absolute atomic E-state index is 13.2. The molecule has 1 amide bonds. The summed E-state index contributed by atoms with van der Waals surface area (Å²) in [6, 6.07) is -1.20. The third-order valence-electron chi connectivity index (χ3n) is 14.6. The Labute approximate surface area is 447 Å². The molecule has 1 rings (SSSR count). The number of hydrogen-bond acceptors (Lipinski definition) is 10. The lowest BCUT2D eigenvalue weighted by molar-refractivity contribution is -0.303. The van der Waals surface area contributed by atoms with Gasteiger partial charge >= 0.3 is 0 Å². The normalized spacial score (nSPS) is 20.3. The summed E-state index contributed by atoms with van der Waals surface area (Å²) in [5.74, 6) is -0.714. The molecule has 73 heavy (non-hydrogen) atoms. The molecule has 1 aliphatic rings. The third-order valence-corrected chi connectivity index (χ3v) is 14.6.